The van der Waals surface area contributed by atoms with Gasteiger partial charge in [0, 0.05) is 38.2 Å². The average molecular weight is 400 g/mol. The molecule has 1 fully saturated rings. The molecular weight excluding hydrogens is 375 g/mol. The average Bonchev–Trinajstić information content (AvgIpc) is 3.19. The second-order valence-electron chi connectivity index (χ2n) is 6.99. The first-order valence-electron chi connectivity index (χ1n) is 9.49. The van der Waals surface area contributed by atoms with Crippen LogP contribution in [0.1, 0.15) is 21.8 Å². The summed E-state index contributed by atoms with van der Waals surface area (Å²) in [5.74, 6) is -0.605. The van der Waals surface area contributed by atoms with E-state index in [0.717, 1.165) is 5.56 Å². The summed E-state index contributed by atoms with van der Waals surface area (Å²) < 4.78 is 23.5. The van der Waals surface area contributed by atoms with Gasteiger partial charge in [0.05, 0.1) is 19.6 Å². The first-order valence-corrected chi connectivity index (χ1v) is 9.49. The highest BCUT2D eigenvalue weighted by Crippen LogP contribution is 2.35. The smallest absolute Gasteiger partial charge is 0.253 e. The molecule has 0 bridgehead atoms. The van der Waals surface area contributed by atoms with E-state index in [1.165, 1.54) is 24.3 Å². The number of halogens is 1. The summed E-state index contributed by atoms with van der Waals surface area (Å²) >= 11 is 0. The van der Waals surface area contributed by atoms with Crippen molar-refractivity contribution in [1.82, 2.24) is 10.2 Å². The number of rotatable bonds is 7. The summed E-state index contributed by atoms with van der Waals surface area (Å²) in [6, 6.07) is 13.0. The van der Waals surface area contributed by atoms with Crippen LogP contribution in [0, 0.1) is 11.7 Å². The Morgan fingerprint density at radius 2 is 1.90 bits per heavy atom. The Labute approximate surface area is 169 Å². The van der Waals surface area contributed by atoms with E-state index in [1.807, 2.05) is 24.3 Å². The lowest BCUT2D eigenvalue weighted by Gasteiger charge is -2.18. The predicted octanol–water partition coefficient (Wildman–Crippen LogP) is 2.45. The van der Waals surface area contributed by atoms with Crippen molar-refractivity contribution in [1.29, 1.82) is 0 Å². The molecule has 0 radical (unpaired) electrons. The van der Waals surface area contributed by atoms with Crippen molar-refractivity contribution in [3.63, 3.8) is 0 Å². The standard InChI is InChI=1S/C22H25FN2O4/c1-28-11-10-24-21(26)20-14-25(22(27)15-6-8-17(23)9-7-15)13-19(20)16-4-3-5-18(12-16)29-2/h3-9,12,19-20H,10-11,13-14H2,1-2H3,(H,24,26)/t19-,20-/m0/s1. The van der Waals surface area contributed by atoms with E-state index in [0.29, 0.717) is 31.0 Å². The van der Waals surface area contributed by atoms with Crippen molar-refractivity contribution in [3.8, 4) is 5.75 Å². The van der Waals surface area contributed by atoms with Crippen LogP contribution in [-0.4, -0.2) is 57.2 Å². The number of ether oxygens (including phenoxy) is 2. The van der Waals surface area contributed by atoms with Crippen LogP contribution in [0.5, 0.6) is 5.75 Å². The molecule has 0 saturated carbocycles. The summed E-state index contributed by atoms with van der Waals surface area (Å²) in [5, 5.41) is 2.88. The third-order valence-electron chi connectivity index (χ3n) is 5.16. The van der Waals surface area contributed by atoms with Gasteiger partial charge in [0.1, 0.15) is 11.6 Å². The Morgan fingerprint density at radius 3 is 2.59 bits per heavy atom. The third-order valence-corrected chi connectivity index (χ3v) is 5.16. The molecule has 6 nitrogen and oxygen atoms in total. The molecule has 1 heterocycles. The Bertz CT molecular complexity index is 856. The maximum Gasteiger partial charge on any atom is 0.253 e. The summed E-state index contributed by atoms with van der Waals surface area (Å²) in [7, 11) is 3.16. The third kappa shape index (κ3) is 4.92. The summed E-state index contributed by atoms with van der Waals surface area (Å²) in [5.41, 5.74) is 1.34. The number of carbonyl (C=O) groups is 2. The van der Waals surface area contributed by atoms with E-state index in [9.17, 15) is 14.0 Å². The van der Waals surface area contributed by atoms with Crippen LogP contribution in [0.25, 0.3) is 0 Å². The van der Waals surface area contributed by atoms with Crippen LogP contribution in [0.4, 0.5) is 4.39 Å². The van der Waals surface area contributed by atoms with Gasteiger partial charge in [-0.05, 0) is 42.0 Å². The van der Waals surface area contributed by atoms with Gasteiger partial charge in [0.15, 0.2) is 0 Å². The summed E-state index contributed by atoms with van der Waals surface area (Å²) in [4.78, 5) is 27.4. The number of nitrogens with one attached hydrogen (secondary N) is 1. The minimum atomic E-state index is -0.400. The van der Waals surface area contributed by atoms with E-state index in [2.05, 4.69) is 5.32 Å². The maximum absolute atomic E-state index is 13.2. The molecule has 1 saturated heterocycles. The van der Waals surface area contributed by atoms with Crippen molar-refractivity contribution in [2.75, 3.05) is 40.5 Å². The molecule has 0 unspecified atom stereocenters. The van der Waals surface area contributed by atoms with Gasteiger partial charge in [-0.1, -0.05) is 12.1 Å². The molecule has 0 aliphatic carbocycles. The lowest BCUT2D eigenvalue weighted by atomic mass is 9.88. The molecule has 3 rings (SSSR count). The fraction of sp³-hybridized carbons (Fsp3) is 0.364. The number of hydrogen-bond donors (Lipinski definition) is 1. The Hall–Kier alpha value is -2.93. The minimum Gasteiger partial charge on any atom is -0.497 e. The molecule has 0 spiro atoms. The van der Waals surface area contributed by atoms with Crippen molar-refractivity contribution in [3.05, 3.63) is 65.5 Å². The molecule has 2 atom stereocenters. The molecular formula is C22H25FN2O4. The molecule has 1 aliphatic rings. The fourth-order valence-corrected chi connectivity index (χ4v) is 3.63. The first kappa shape index (κ1) is 20.8. The first-order chi connectivity index (χ1) is 14.0. The molecule has 29 heavy (non-hydrogen) atoms. The Kier molecular flexibility index (Phi) is 6.82. The zero-order valence-corrected chi connectivity index (χ0v) is 16.6. The number of hydrogen-bond acceptors (Lipinski definition) is 4. The van der Waals surface area contributed by atoms with Gasteiger partial charge in [-0.2, -0.15) is 0 Å². The SMILES string of the molecule is COCCNC(=O)[C@H]1CN(C(=O)c2ccc(F)cc2)C[C@H]1c1cccc(OC)c1. The quantitative estimate of drug-likeness (QED) is 0.725. The molecule has 7 heteroatoms. The van der Waals surface area contributed by atoms with Crippen LogP contribution in [0.15, 0.2) is 48.5 Å². The molecule has 1 aliphatic heterocycles. The van der Waals surface area contributed by atoms with Crippen molar-refractivity contribution in [2.24, 2.45) is 5.92 Å². The summed E-state index contributed by atoms with van der Waals surface area (Å²) in [6.45, 7) is 1.51. The second-order valence-corrected chi connectivity index (χ2v) is 6.99. The van der Waals surface area contributed by atoms with E-state index < -0.39 is 11.7 Å². The Morgan fingerprint density at radius 1 is 1.14 bits per heavy atom. The van der Waals surface area contributed by atoms with Gasteiger partial charge < -0.3 is 19.7 Å². The highest BCUT2D eigenvalue weighted by molar-refractivity contribution is 5.95. The fourth-order valence-electron chi connectivity index (χ4n) is 3.63. The molecule has 2 aromatic carbocycles. The highest BCUT2D eigenvalue weighted by Gasteiger charge is 2.40. The predicted molar refractivity (Wildman–Crippen MR) is 106 cm³/mol. The zero-order chi connectivity index (χ0) is 20.8. The monoisotopic (exact) mass is 400 g/mol. The maximum atomic E-state index is 13.2. The van der Waals surface area contributed by atoms with E-state index in [-0.39, 0.29) is 24.3 Å². The minimum absolute atomic E-state index is 0.121. The molecule has 2 aromatic rings. The van der Waals surface area contributed by atoms with Gasteiger partial charge in [-0.3, -0.25) is 9.59 Å². The van der Waals surface area contributed by atoms with Crippen LogP contribution >= 0.6 is 0 Å². The Balaban J connectivity index is 1.83. The van der Waals surface area contributed by atoms with E-state index in [1.54, 1.807) is 19.1 Å². The molecule has 2 amide bonds. The van der Waals surface area contributed by atoms with Gasteiger partial charge in [-0.15, -0.1) is 0 Å². The largest absolute Gasteiger partial charge is 0.497 e. The zero-order valence-electron chi connectivity index (χ0n) is 16.6. The number of amides is 2. The van der Waals surface area contributed by atoms with Gasteiger partial charge in [0.2, 0.25) is 5.91 Å². The normalized spacial score (nSPS) is 18.5. The number of benzene rings is 2. The van der Waals surface area contributed by atoms with Crippen molar-refractivity contribution in [2.45, 2.75) is 5.92 Å². The van der Waals surface area contributed by atoms with E-state index >= 15 is 0 Å². The summed E-state index contributed by atoms with van der Waals surface area (Å²) in [6.07, 6.45) is 0. The number of likely N-dealkylation sites (tertiary alicyclic amines) is 1. The topological polar surface area (TPSA) is 67.9 Å². The van der Waals surface area contributed by atoms with Crippen LogP contribution in [0.2, 0.25) is 0 Å². The molecule has 0 aromatic heterocycles. The highest BCUT2D eigenvalue weighted by atomic mass is 19.1. The van der Waals surface area contributed by atoms with Crippen LogP contribution in [0.3, 0.4) is 0 Å². The number of carbonyl (C=O) groups excluding carboxylic acids is 2. The second kappa shape index (κ2) is 9.52. The van der Waals surface area contributed by atoms with Crippen molar-refractivity contribution >= 4 is 11.8 Å². The van der Waals surface area contributed by atoms with Gasteiger partial charge in [-0.25, -0.2) is 4.39 Å². The lowest BCUT2D eigenvalue weighted by Crippen LogP contribution is -2.37. The van der Waals surface area contributed by atoms with E-state index in [4.69, 9.17) is 9.47 Å². The number of methoxy groups -OCH3 is 2. The lowest BCUT2D eigenvalue weighted by molar-refractivity contribution is -0.125. The van der Waals surface area contributed by atoms with Gasteiger partial charge >= 0.3 is 0 Å². The van der Waals surface area contributed by atoms with Crippen molar-refractivity contribution < 1.29 is 23.5 Å². The molecule has 1 N–H and O–H groups in total. The number of nitrogens with zero attached hydrogens (tertiary/aromatic N) is 1. The van der Waals surface area contributed by atoms with Gasteiger partial charge in [0.25, 0.3) is 5.91 Å². The van der Waals surface area contributed by atoms with Crippen LogP contribution in [-0.2, 0) is 9.53 Å². The van der Waals surface area contributed by atoms with Crippen LogP contribution < -0.4 is 10.1 Å². The molecule has 154 valence electrons.